The fourth-order valence-corrected chi connectivity index (χ4v) is 1.57. The molecule has 0 heterocycles. The van der Waals surface area contributed by atoms with E-state index in [4.69, 9.17) is 5.11 Å². The fourth-order valence-electron chi connectivity index (χ4n) is 0.921. The van der Waals surface area contributed by atoms with Crippen LogP contribution in [0.25, 0.3) is 0 Å². The average Bonchev–Trinajstić information content (AvgIpc) is 2.12. The first-order valence-corrected chi connectivity index (χ1v) is 5.93. The van der Waals surface area contributed by atoms with E-state index in [0.29, 0.717) is 12.1 Å². The van der Waals surface area contributed by atoms with E-state index in [9.17, 15) is 24.2 Å². The predicted octanol–water partition coefficient (Wildman–Crippen LogP) is 3.78. The molecule has 8 heteroatoms. The third-order valence-electron chi connectivity index (χ3n) is 1.61. The number of carboxylic acids is 1. The van der Waals surface area contributed by atoms with E-state index in [-0.39, 0.29) is 17.7 Å². The van der Waals surface area contributed by atoms with Gasteiger partial charge in [0.05, 0.1) is 0 Å². The summed E-state index contributed by atoms with van der Waals surface area (Å²) >= 11 is 0. The van der Waals surface area contributed by atoms with Crippen molar-refractivity contribution in [3.63, 3.8) is 0 Å². The van der Waals surface area contributed by atoms with Crippen molar-refractivity contribution in [2.75, 3.05) is 0 Å². The van der Waals surface area contributed by atoms with Gasteiger partial charge in [-0.3, -0.25) is 0 Å². The molecule has 0 unspecified atom stereocenters. The molecule has 0 radical (unpaired) electrons. The molecule has 94 valence electrons. The Morgan fingerprint density at radius 3 is 1.88 bits per heavy atom. The first kappa shape index (κ1) is 13.3. The van der Waals surface area contributed by atoms with E-state index in [2.05, 4.69) is 0 Å². The molecule has 2 nitrogen and oxygen atoms in total. The lowest BCUT2D eigenvalue weighted by molar-refractivity contribution is -0.130. The van der Waals surface area contributed by atoms with Crippen molar-refractivity contribution in [2.24, 2.45) is 0 Å². The second-order valence-electron chi connectivity index (χ2n) is 3.05. The molecule has 0 aromatic heterocycles. The van der Waals surface area contributed by atoms with Crippen LogP contribution in [0.2, 0.25) is 0 Å². The first-order valence-electron chi connectivity index (χ1n) is 3.97. The lowest BCUT2D eigenvalue weighted by Gasteiger charge is -2.40. The second-order valence-corrected chi connectivity index (χ2v) is 5.46. The zero-order valence-electron chi connectivity index (χ0n) is 7.96. The van der Waals surface area contributed by atoms with E-state index in [1.165, 1.54) is 0 Å². The second kappa shape index (κ2) is 3.13. The van der Waals surface area contributed by atoms with Crippen molar-refractivity contribution in [2.45, 2.75) is 4.90 Å². The van der Waals surface area contributed by atoms with Crippen molar-refractivity contribution in [1.29, 1.82) is 0 Å². The van der Waals surface area contributed by atoms with E-state index in [1.54, 1.807) is 5.92 Å². The standard InChI is InChI=1S/C9H5F5O2S/c10-17(11,12,13,14)8-4-1-7(2-5-8)3-6-9(15)16/h1-2,4-5H,(H,15,16). The van der Waals surface area contributed by atoms with Gasteiger partial charge in [-0.2, -0.15) is 0 Å². The van der Waals surface area contributed by atoms with E-state index in [1.807, 2.05) is 5.92 Å². The number of carbonyl (C=O) groups is 1. The van der Waals surface area contributed by atoms with Crippen LogP contribution in [0.4, 0.5) is 19.4 Å². The Morgan fingerprint density at radius 1 is 1.06 bits per heavy atom. The predicted molar refractivity (Wildman–Crippen MR) is 52.4 cm³/mol. The quantitative estimate of drug-likeness (QED) is 0.624. The Balaban J connectivity index is 3.16. The molecule has 0 aliphatic carbocycles. The lowest BCUT2D eigenvalue weighted by atomic mass is 10.2. The van der Waals surface area contributed by atoms with Gasteiger partial charge in [-0.25, -0.2) is 4.79 Å². The minimum Gasteiger partial charge on any atom is -0.472 e. The summed E-state index contributed by atoms with van der Waals surface area (Å²) in [6.45, 7) is 0. The minimum atomic E-state index is -9.67. The molecule has 1 aromatic carbocycles. The summed E-state index contributed by atoms with van der Waals surface area (Å²) in [5.74, 6) is 2.18. The van der Waals surface area contributed by atoms with E-state index < -0.39 is 21.1 Å². The summed E-state index contributed by atoms with van der Waals surface area (Å²) in [6.07, 6.45) is 0. The molecule has 1 aromatic rings. The average molecular weight is 272 g/mol. The Kier molecular flexibility index (Phi) is 2.46. The molecule has 1 rings (SSSR count). The van der Waals surface area contributed by atoms with Gasteiger partial charge in [0.25, 0.3) is 0 Å². The Morgan fingerprint density at radius 2 is 1.53 bits per heavy atom. The molecule has 0 aliphatic rings. The van der Waals surface area contributed by atoms with Crippen LogP contribution in [0.15, 0.2) is 29.2 Å². The van der Waals surface area contributed by atoms with Crippen LogP contribution in [0.1, 0.15) is 5.56 Å². The third-order valence-corrected chi connectivity index (χ3v) is 2.78. The number of carboxylic acid groups (broad SMARTS) is 1. The van der Waals surface area contributed by atoms with Crippen LogP contribution in [0.3, 0.4) is 0 Å². The number of halogens is 5. The van der Waals surface area contributed by atoms with Crippen LogP contribution < -0.4 is 0 Å². The zero-order chi connectivity index (χ0) is 13.4. The molecule has 0 saturated carbocycles. The van der Waals surface area contributed by atoms with Gasteiger partial charge in [0.1, 0.15) is 4.90 Å². The van der Waals surface area contributed by atoms with Gasteiger partial charge in [-0.15, -0.1) is 0 Å². The summed E-state index contributed by atoms with van der Waals surface area (Å²) in [4.78, 5) is 8.00. The maximum Gasteiger partial charge on any atom is 0.382 e. The highest BCUT2D eigenvalue weighted by Gasteiger charge is 2.65. The molecule has 1 N–H and O–H groups in total. The number of aliphatic carboxylic acids is 1. The molecular weight excluding hydrogens is 267 g/mol. The molecule has 0 amide bonds. The van der Waals surface area contributed by atoms with Gasteiger partial charge in [-0.05, 0) is 24.3 Å². The Bertz CT molecular complexity index is 520. The number of hydrogen-bond acceptors (Lipinski definition) is 1. The number of hydrogen-bond donors (Lipinski definition) is 1. The van der Waals surface area contributed by atoms with Crippen molar-refractivity contribution in [3.8, 4) is 11.8 Å². The highest BCUT2D eigenvalue weighted by atomic mass is 32.5. The van der Waals surface area contributed by atoms with Gasteiger partial charge in [0.2, 0.25) is 0 Å². The van der Waals surface area contributed by atoms with E-state index in [0.717, 1.165) is 0 Å². The largest absolute Gasteiger partial charge is 0.472 e. The SMILES string of the molecule is O=C(O)C#Cc1ccc(S(F)(F)(F)(F)F)cc1. The molecular formula is C9H5F5O2S. The van der Waals surface area contributed by atoms with Crippen LogP contribution in [0.5, 0.6) is 0 Å². The number of rotatable bonds is 1. The zero-order valence-corrected chi connectivity index (χ0v) is 8.78. The Labute approximate surface area is 92.8 Å². The highest BCUT2D eigenvalue weighted by Crippen LogP contribution is 3.02. The monoisotopic (exact) mass is 272 g/mol. The molecule has 0 spiro atoms. The van der Waals surface area contributed by atoms with Gasteiger partial charge in [0, 0.05) is 11.5 Å². The van der Waals surface area contributed by atoms with Crippen molar-refractivity contribution in [3.05, 3.63) is 29.8 Å². The molecule has 0 atom stereocenters. The molecule has 0 aliphatic heterocycles. The molecule has 17 heavy (non-hydrogen) atoms. The topological polar surface area (TPSA) is 37.3 Å². The molecule has 0 saturated heterocycles. The van der Waals surface area contributed by atoms with Crippen LogP contribution >= 0.6 is 10.2 Å². The smallest absolute Gasteiger partial charge is 0.382 e. The summed E-state index contributed by atoms with van der Waals surface area (Å²) in [7, 11) is -9.67. The van der Waals surface area contributed by atoms with Crippen LogP contribution in [-0.4, -0.2) is 11.1 Å². The van der Waals surface area contributed by atoms with Crippen LogP contribution in [0, 0.1) is 11.8 Å². The molecule has 0 bridgehead atoms. The minimum absolute atomic E-state index is 0.0991. The number of benzene rings is 1. The van der Waals surface area contributed by atoms with E-state index >= 15 is 0 Å². The summed E-state index contributed by atoms with van der Waals surface area (Å²) < 4.78 is 61.3. The normalized spacial score (nSPS) is 15.1. The lowest BCUT2D eigenvalue weighted by Crippen LogP contribution is -2.05. The van der Waals surface area contributed by atoms with Crippen LogP contribution in [-0.2, 0) is 4.79 Å². The Hall–Kier alpha value is -1.75. The van der Waals surface area contributed by atoms with Crippen molar-refractivity contribution in [1.82, 2.24) is 0 Å². The summed E-state index contributed by atoms with van der Waals surface area (Å²) in [5.41, 5.74) is -0.0991. The highest BCUT2D eigenvalue weighted by molar-refractivity contribution is 8.45. The first-order chi connectivity index (χ1) is 7.38. The third kappa shape index (κ3) is 3.96. The fraction of sp³-hybridized carbons (Fsp3) is 0. The van der Waals surface area contributed by atoms with Gasteiger partial charge in [0.15, 0.2) is 0 Å². The molecule has 0 fully saturated rings. The maximum atomic E-state index is 12.3. The summed E-state index contributed by atoms with van der Waals surface area (Å²) in [5, 5.41) is 8.17. The summed E-state index contributed by atoms with van der Waals surface area (Å²) in [6, 6.07) is 1.72. The van der Waals surface area contributed by atoms with Gasteiger partial charge in [-0.1, -0.05) is 25.3 Å². The maximum absolute atomic E-state index is 12.3. The van der Waals surface area contributed by atoms with Crippen molar-refractivity contribution >= 4 is 16.2 Å². The van der Waals surface area contributed by atoms with Crippen molar-refractivity contribution < 1.29 is 29.3 Å². The van der Waals surface area contributed by atoms with Gasteiger partial charge < -0.3 is 5.11 Å². The van der Waals surface area contributed by atoms with Gasteiger partial charge >= 0.3 is 16.2 Å².